The van der Waals surface area contributed by atoms with Crippen molar-refractivity contribution in [2.45, 2.75) is 6.42 Å². The average Bonchev–Trinajstić information content (AvgIpc) is 3.01. The maximum absolute atomic E-state index is 13.2. The topological polar surface area (TPSA) is 120 Å². The number of phenolic OH excluding ortho intramolecular Hbond substituents is 3. The number of benzene rings is 2. The Balaban J connectivity index is 1.77. The summed E-state index contributed by atoms with van der Waals surface area (Å²) < 4.78 is 10.6. The van der Waals surface area contributed by atoms with E-state index in [2.05, 4.69) is 0 Å². The zero-order valence-electron chi connectivity index (χ0n) is 16.8. The number of amides is 2. The summed E-state index contributed by atoms with van der Waals surface area (Å²) in [5.74, 6) is -1.67. The van der Waals surface area contributed by atoms with Gasteiger partial charge in [0.25, 0.3) is 11.8 Å². The first-order valence-corrected chi connectivity index (χ1v) is 9.41. The fourth-order valence-corrected chi connectivity index (χ4v) is 3.45. The molecule has 1 aliphatic heterocycles. The Bertz CT molecular complexity index is 915. The molecule has 1 saturated heterocycles. The van der Waals surface area contributed by atoms with Crippen molar-refractivity contribution in [2.75, 3.05) is 40.4 Å². The third-order valence-electron chi connectivity index (χ3n) is 5.03. The lowest BCUT2D eigenvalue weighted by atomic mass is 10.1. The predicted molar refractivity (Wildman–Crippen MR) is 107 cm³/mol. The van der Waals surface area contributed by atoms with Gasteiger partial charge in [-0.3, -0.25) is 9.59 Å². The second-order valence-electron chi connectivity index (χ2n) is 6.84. The van der Waals surface area contributed by atoms with Gasteiger partial charge in [0, 0.05) is 31.7 Å². The van der Waals surface area contributed by atoms with Crippen molar-refractivity contribution >= 4 is 11.8 Å². The summed E-state index contributed by atoms with van der Waals surface area (Å²) in [4.78, 5) is 29.1. The van der Waals surface area contributed by atoms with Crippen molar-refractivity contribution in [1.82, 2.24) is 9.80 Å². The minimum Gasteiger partial charge on any atom is -0.504 e. The normalized spacial score (nSPS) is 14.2. The Morgan fingerprint density at radius 1 is 0.833 bits per heavy atom. The summed E-state index contributed by atoms with van der Waals surface area (Å²) in [7, 11) is 2.97. The Kier molecular flexibility index (Phi) is 6.20. The van der Waals surface area contributed by atoms with Crippen molar-refractivity contribution in [2.24, 2.45) is 0 Å². The summed E-state index contributed by atoms with van der Waals surface area (Å²) in [6.45, 7) is 1.40. The number of aromatic hydroxyl groups is 3. The lowest BCUT2D eigenvalue weighted by Gasteiger charge is -2.24. The smallest absolute Gasteiger partial charge is 0.261 e. The molecule has 0 atom stereocenters. The maximum atomic E-state index is 13.2. The van der Waals surface area contributed by atoms with E-state index in [0.29, 0.717) is 43.1 Å². The van der Waals surface area contributed by atoms with Crippen LogP contribution in [0.2, 0.25) is 0 Å². The Labute approximate surface area is 173 Å². The molecule has 1 aliphatic rings. The highest BCUT2D eigenvalue weighted by Crippen LogP contribution is 2.36. The number of carbonyl (C=O) groups is 2. The van der Waals surface area contributed by atoms with Gasteiger partial charge in [0.15, 0.2) is 17.2 Å². The van der Waals surface area contributed by atoms with E-state index in [4.69, 9.17) is 9.47 Å². The molecule has 2 aromatic rings. The van der Waals surface area contributed by atoms with E-state index in [1.54, 1.807) is 23.1 Å². The van der Waals surface area contributed by atoms with Gasteiger partial charge in [0.05, 0.1) is 14.2 Å². The van der Waals surface area contributed by atoms with Crippen LogP contribution in [0.4, 0.5) is 0 Å². The summed E-state index contributed by atoms with van der Waals surface area (Å²) in [5, 5.41) is 28.8. The highest BCUT2D eigenvalue weighted by molar-refractivity contribution is 6.00. The van der Waals surface area contributed by atoms with Gasteiger partial charge in [0.1, 0.15) is 17.1 Å². The molecule has 2 aromatic carbocycles. The van der Waals surface area contributed by atoms with Crippen LogP contribution in [-0.4, -0.2) is 77.3 Å². The van der Waals surface area contributed by atoms with Gasteiger partial charge in [0.2, 0.25) is 0 Å². The zero-order chi connectivity index (χ0) is 21.8. The SMILES string of the molecule is COc1cccc(OC)c1C(=O)N1CCCN(C(=O)c2cc(O)c(O)c(O)c2)CC1. The molecule has 0 unspecified atom stereocenters. The monoisotopic (exact) mass is 416 g/mol. The first-order valence-electron chi connectivity index (χ1n) is 9.41. The molecule has 1 fully saturated rings. The number of ether oxygens (including phenoxy) is 2. The van der Waals surface area contributed by atoms with Crippen LogP contribution in [-0.2, 0) is 0 Å². The number of carbonyl (C=O) groups excluding carboxylic acids is 2. The van der Waals surface area contributed by atoms with Crippen LogP contribution in [0.25, 0.3) is 0 Å². The van der Waals surface area contributed by atoms with Crippen LogP contribution < -0.4 is 9.47 Å². The van der Waals surface area contributed by atoms with Gasteiger partial charge in [-0.05, 0) is 30.7 Å². The second-order valence-corrected chi connectivity index (χ2v) is 6.84. The number of hydrogen-bond donors (Lipinski definition) is 3. The van der Waals surface area contributed by atoms with Crippen LogP contribution in [0.1, 0.15) is 27.1 Å². The molecule has 0 spiro atoms. The highest BCUT2D eigenvalue weighted by atomic mass is 16.5. The molecule has 0 bridgehead atoms. The number of nitrogens with zero attached hydrogens (tertiary/aromatic N) is 2. The molecule has 2 amide bonds. The van der Waals surface area contributed by atoms with Crippen molar-refractivity contribution < 1.29 is 34.4 Å². The lowest BCUT2D eigenvalue weighted by molar-refractivity contribution is 0.0714. The first kappa shape index (κ1) is 21.1. The van der Waals surface area contributed by atoms with Crippen molar-refractivity contribution in [3.8, 4) is 28.7 Å². The molecule has 0 aromatic heterocycles. The van der Waals surface area contributed by atoms with E-state index in [1.165, 1.54) is 19.1 Å². The highest BCUT2D eigenvalue weighted by Gasteiger charge is 2.28. The third kappa shape index (κ3) is 4.05. The molecule has 9 nitrogen and oxygen atoms in total. The van der Waals surface area contributed by atoms with E-state index < -0.39 is 23.2 Å². The van der Waals surface area contributed by atoms with Crippen LogP contribution in [0, 0.1) is 0 Å². The molecular weight excluding hydrogens is 392 g/mol. The average molecular weight is 416 g/mol. The molecule has 1 heterocycles. The van der Waals surface area contributed by atoms with E-state index in [0.717, 1.165) is 12.1 Å². The van der Waals surface area contributed by atoms with Gasteiger partial charge in [-0.25, -0.2) is 0 Å². The summed E-state index contributed by atoms with van der Waals surface area (Å²) in [5.41, 5.74) is 0.379. The van der Waals surface area contributed by atoms with Crippen LogP contribution in [0.5, 0.6) is 28.7 Å². The van der Waals surface area contributed by atoms with Gasteiger partial charge in [-0.1, -0.05) is 6.07 Å². The minimum absolute atomic E-state index is 0.0500. The molecule has 3 N–H and O–H groups in total. The quantitative estimate of drug-likeness (QED) is 0.650. The van der Waals surface area contributed by atoms with Crippen LogP contribution in [0.3, 0.4) is 0 Å². The van der Waals surface area contributed by atoms with Crippen molar-refractivity contribution in [3.63, 3.8) is 0 Å². The summed E-state index contributed by atoms with van der Waals surface area (Å²) in [6.07, 6.45) is 0.547. The Morgan fingerprint density at radius 2 is 1.33 bits per heavy atom. The standard InChI is InChI=1S/C21H24N2O7/c1-29-16-5-3-6-17(30-2)18(16)21(28)23-8-4-7-22(9-10-23)20(27)13-11-14(24)19(26)15(25)12-13/h3,5-6,11-12,24-26H,4,7-10H2,1-2H3. The van der Waals surface area contributed by atoms with Gasteiger partial charge < -0.3 is 34.6 Å². The molecule has 0 radical (unpaired) electrons. The van der Waals surface area contributed by atoms with E-state index in [9.17, 15) is 24.9 Å². The number of phenols is 3. The lowest BCUT2D eigenvalue weighted by Crippen LogP contribution is -2.37. The molecule has 160 valence electrons. The van der Waals surface area contributed by atoms with Crippen LogP contribution >= 0.6 is 0 Å². The van der Waals surface area contributed by atoms with E-state index in [1.807, 2.05) is 0 Å². The van der Waals surface area contributed by atoms with E-state index in [-0.39, 0.29) is 18.0 Å². The fraction of sp³-hybridized carbons (Fsp3) is 0.333. The largest absolute Gasteiger partial charge is 0.504 e. The first-order chi connectivity index (χ1) is 14.4. The Morgan fingerprint density at radius 3 is 1.83 bits per heavy atom. The predicted octanol–water partition coefficient (Wildman–Crippen LogP) is 1.81. The Hall–Kier alpha value is -3.62. The van der Waals surface area contributed by atoms with Gasteiger partial charge in [-0.15, -0.1) is 0 Å². The molecule has 3 rings (SSSR count). The van der Waals surface area contributed by atoms with Gasteiger partial charge >= 0.3 is 0 Å². The van der Waals surface area contributed by atoms with Crippen molar-refractivity contribution in [1.29, 1.82) is 0 Å². The fourth-order valence-electron chi connectivity index (χ4n) is 3.45. The molecule has 30 heavy (non-hydrogen) atoms. The number of rotatable bonds is 4. The number of hydrogen-bond acceptors (Lipinski definition) is 7. The zero-order valence-corrected chi connectivity index (χ0v) is 16.8. The minimum atomic E-state index is -0.676. The molecular formula is C21H24N2O7. The second kappa shape index (κ2) is 8.81. The van der Waals surface area contributed by atoms with E-state index >= 15 is 0 Å². The van der Waals surface area contributed by atoms with Crippen molar-refractivity contribution in [3.05, 3.63) is 41.5 Å². The van der Waals surface area contributed by atoms with Crippen LogP contribution in [0.15, 0.2) is 30.3 Å². The molecule has 9 heteroatoms. The maximum Gasteiger partial charge on any atom is 0.261 e. The van der Waals surface area contributed by atoms with Gasteiger partial charge in [-0.2, -0.15) is 0 Å². The molecule has 0 aliphatic carbocycles. The summed E-state index contributed by atoms with van der Waals surface area (Å²) >= 11 is 0. The number of methoxy groups -OCH3 is 2. The third-order valence-corrected chi connectivity index (χ3v) is 5.03. The molecule has 0 saturated carbocycles. The summed E-state index contributed by atoms with van der Waals surface area (Å²) in [6, 6.07) is 7.32.